The summed E-state index contributed by atoms with van der Waals surface area (Å²) in [6.45, 7) is 3.76. The second-order valence-corrected chi connectivity index (χ2v) is 10.4. The lowest BCUT2D eigenvalue weighted by atomic mass is 9.51. The summed E-state index contributed by atoms with van der Waals surface area (Å²) in [4.78, 5) is 16.6. The van der Waals surface area contributed by atoms with Gasteiger partial charge >= 0.3 is 5.97 Å². The molecule has 4 nitrogen and oxygen atoms in total. The van der Waals surface area contributed by atoms with E-state index in [0.717, 1.165) is 31.1 Å². The number of aromatic nitrogens is 1. The van der Waals surface area contributed by atoms with Crippen LogP contribution in [0.2, 0.25) is 0 Å². The summed E-state index contributed by atoms with van der Waals surface area (Å²) in [6.07, 6.45) is 13.0. The molecule has 0 aliphatic heterocycles. The first-order chi connectivity index (χ1) is 12.9. The number of fused-ring (bicyclic) bond motifs is 5. The fraction of sp³-hybridized carbons (Fsp3) is 0.739. The summed E-state index contributed by atoms with van der Waals surface area (Å²) in [5.41, 5.74) is 5.54. The van der Waals surface area contributed by atoms with E-state index < -0.39 is 0 Å². The van der Waals surface area contributed by atoms with E-state index in [2.05, 4.69) is 18.4 Å². The molecule has 1 aromatic heterocycles. The number of ether oxygens (including phenoxy) is 1. The standard InChI is InChI=1S/C23H30N2O2/c1-13-20-17-3-4-18(6-17)21(20)19(11-24-13)25-22-7-15-5-16(8-22)10-23(9-15,12-22)27-14(2)26/h11,15-18,25H,3-10,12H2,1-2H3. The Balaban J connectivity index is 1.37. The van der Waals surface area contributed by atoms with Crippen LogP contribution in [-0.4, -0.2) is 22.1 Å². The number of anilines is 1. The average molecular weight is 367 g/mol. The van der Waals surface area contributed by atoms with Crippen molar-refractivity contribution in [2.45, 2.75) is 94.6 Å². The lowest BCUT2D eigenvalue weighted by Crippen LogP contribution is -2.63. The number of carbonyl (C=O) groups is 1. The first-order valence-corrected chi connectivity index (χ1v) is 10.9. The van der Waals surface area contributed by atoms with Crippen LogP contribution in [-0.2, 0) is 9.53 Å². The van der Waals surface area contributed by atoms with Crippen molar-refractivity contribution in [1.29, 1.82) is 0 Å². The second-order valence-electron chi connectivity index (χ2n) is 10.4. The highest BCUT2D eigenvalue weighted by Crippen LogP contribution is 2.61. The molecule has 4 heteroatoms. The van der Waals surface area contributed by atoms with Gasteiger partial charge in [0.1, 0.15) is 5.60 Å². The third-order valence-electron chi connectivity index (χ3n) is 8.37. The topological polar surface area (TPSA) is 51.2 Å². The number of nitrogens with zero attached hydrogens (tertiary/aromatic N) is 1. The van der Waals surface area contributed by atoms with Crippen LogP contribution in [0.5, 0.6) is 0 Å². The smallest absolute Gasteiger partial charge is 0.303 e. The van der Waals surface area contributed by atoms with E-state index in [4.69, 9.17) is 9.72 Å². The normalized spacial score (nSPS) is 43.0. The van der Waals surface area contributed by atoms with Crippen LogP contribution < -0.4 is 5.32 Å². The Hall–Kier alpha value is -1.58. The molecule has 0 saturated heterocycles. The molecule has 0 amide bonds. The van der Waals surface area contributed by atoms with Crippen LogP contribution in [0.15, 0.2) is 6.20 Å². The van der Waals surface area contributed by atoms with Gasteiger partial charge in [0.05, 0.1) is 11.9 Å². The summed E-state index contributed by atoms with van der Waals surface area (Å²) < 4.78 is 5.98. The molecule has 5 fully saturated rings. The second kappa shape index (κ2) is 5.27. The number of hydrogen-bond donors (Lipinski definition) is 1. The monoisotopic (exact) mass is 366 g/mol. The molecule has 4 atom stereocenters. The Bertz CT molecular complexity index is 818. The fourth-order valence-electron chi connectivity index (χ4n) is 8.24. The highest BCUT2D eigenvalue weighted by molar-refractivity contribution is 5.67. The van der Waals surface area contributed by atoms with Gasteiger partial charge < -0.3 is 10.1 Å². The first-order valence-electron chi connectivity index (χ1n) is 10.9. The minimum absolute atomic E-state index is 0.0894. The van der Waals surface area contributed by atoms with Gasteiger partial charge in [0, 0.05) is 24.6 Å². The SMILES string of the molecule is CC(=O)OC12CC3CC(CC(Nc4cnc(C)c5c4C4CCC5C4)(C3)C1)C2. The Kier molecular flexibility index (Phi) is 3.20. The maximum absolute atomic E-state index is 11.8. The van der Waals surface area contributed by atoms with Crippen molar-refractivity contribution < 1.29 is 9.53 Å². The first kappa shape index (κ1) is 16.4. The molecule has 144 valence electrons. The zero-order chi connectivity index (χ0) is 18.4. The van der Waals surface area contributed by atoms with E-state index in [1.54, 1.807) is 18.1 Å². The molecule has 0 radical (unpaired) electrons. The summed E-state index contributed by atoms with van der Waals surface area (Å²) in [7, 11) is 0. The molecule has 7 rings (SSSR count). The van der Waals surface area contributed by atoms with Crippen molar-refractivity contribution in [2.24, 2.45) is 11.8 Å². The van der Waals surface area contributed by atoms with Crippen molar-refractivity contribution in [3.05, 3.63) is 23.0 Å². The van der Waals surface area contributed by atoms with Gasteiger partial charge in [-0.2, -0.15) is 0 Å². The molecule has 6 bridgehead atoms. The van der Waals surface area contributed by atoms with Gasteiger partial charge in [-0.25, -0.2) is 0 Å². The molecule has 6 aliphatic carbocycles. The van der Waals surface area contributed by atoms with Crippen LogP contribution in [0.4, 0.5) is 5.69 Å². The molecule has 6 aliphatic rings. The molecule has 4 unspecified atom stereocenters. The molecule has 0 spiro atoms. The third-order valence-corrected chi connectivity index (χ3v) is 8.37. The maximum Gasteiger partial charge on any atom is 0.303 e. The van der Waals surface area contributed by atoms with Gasteiger partial charge in [0.15, 0.2) is 0 Å². The van der Waals surface area contributed by atoms with Gasteiger partial charge in [-0.15, -0.1) is 0 Å². The molecular formula is C23H30N2O2. The predicted molar refractivity (Wildman–Crippen MR) is 104 cm³/mol. The summed E-state index contributed by atoms with van der Waals surface area (Å²) in [5.74, 6) is 2.75. The van der Waals surface area contributed by atoms with Gasteiger partial charge in [0.2, 0.25) is 0 Å². The van der Waals surface area contributed by atoms with Crippen LogP contribution in [0.1, 0.15) is 93.4 Å². The van der Waals surface area contributed by atoms with Crippen LogP contribution in [0, 0.1) is 18.8 Å². The quantitative estimate of drug-likeness (QED) is 0.779. The fourth-order valence-corrected chi connectivity index (χ4v) is 8.24. The summed E-state index contributed by atoms with van der Waals surface area (Å²) >= 11 is 0. The van der Waals surface area contributed by atoms with Crippen LogP contribution in [0.25, 0.3) is 0 Å². The van der Waals surface area contributed by atoms with Gasteiger partial charge in [-0.05, 0) is 93.1 Å². The van der Waals surface area contributed by atoms with Crippen LogP contribution >= 0.6 is 0 Å². The lowest BCUT2D eigenvalue weighted by Gasteiger charge is -2.61. The molecule has 5 saturated carbocycles. The third kappa shape index (κ3) is 2.34. The highest BCUT2D eigenvalue weighted by atomic mass is 16.6. The molecular weight excluding hydrogens is 336 g/mol. The number of esters is 1. The van der Waals surface area contributed by atoms with Crippen molar-refractivity contribution in [2.75, 3.05) is 5.32 Å². The number of aryl methyl sites for hydroxylation is 1. The van der Waals surface area contributed by atoms with E-state index in [1.165, 1.54) is 49.9 Å². The Morgan fingerprint density at radius 3 is 2.52 bits per heavy atom. The largest absolute Gasteiger partial charge is 0.459 e. The Labute approximate surface area is 161 Å². The number of rotatable bonds is 3. The van der Waals surface area contributed by atoms with E-state index >= 15 is 0 Å². The number of hydrogen-bond acceptors (Lipinski definition) is 4. The molecule has 27 heavy (non-hydrogen) atoms. The minimum Gasteiger partial charge on any atom is -0.459 e. The zero-order valence-electron chi connectivity index (χ0n) is 16.5. The van der Waals surface area contributed by atoms with Crippen molar-refractivity contribution in [1.82, 2.24) is 4.98 Å². The number of pyridine rings is 1. The predicted octanol–water partition coefficient (Wildman–Crippen LogP) is 4.82. The molecule has 1 aromatic rings. The number of carbonyl (C=O) groups excluding carboxylic acids is 1. The van der Waals surface area contributed by atoms with E-state index in [-0.39, 0.29) is 17.1 Å². The van der Waals surface area contributed by atoms with Crippen molar-refractivity contribution in [3.63, 3.8) is 0 Å². The van der Waals surface area contributed by atoms with E-state index in [9.17, 15) is 4.79 Å². The molecule has 1 heterocycles. The van der Waals surface area contributed by atoms with Crippen molar-refractivity contribution in [3.8, 4) is 0 Å². The molecule has 1 N–H and O–H groups in total. The van der Waals surface area contributed by atoms with E-state index in [1.807, 2.05) is 0 Å². The van der Waals surface area contributed by atoms with Crippen LogP contribution in [0.3, 0.4) is 0 Å². The summed E-state index contributed by atoms with van der Waals surface area (Å²) in [6, 6.07) is 0. The van der Waals surface area contributed by atoms with Crippen molar-refractivity contribution >= 4 is 11.7 Å². The Morgan fingerprint density at radius 2 is 1.81 bits per heavy atom. The van der Waals surface area contributed by atoms with Gasteiger partial charge in [-0.1, -0.05) is 0 Å². The number of nitrogens with one attached hydrogen (secondary N) is 1. The minimum atomic E-state index is -0.219. The van der Waals surface area contributed by atoms with Gasteiger partial charge in [-0.3, -0.25) is 9.78 Å². The summed E-state index contributed by atoms with van der Waals surface area (Å²) in [5, 5.41) is 4.04. The Morgan fingerprint density at radius 1 is 1.11 bits per heavy atom. The zero-order valence-corrected chi connectivity index (χ0v) is 16.5. The van der Waals surface area contributed by atoms with E-state index in [0.29, 0.717) is 11.8 Å². The molecule has 0 aromatic carbocycles. The highest BCUT2D eigenvalue weighted by Gasteiger charge is 2.59. The maximum atomic E-state index is 11.8. The lowest BCUT2D eigenvalue weighted by molar-refractivity contribution is -0.185. The van der Waals surface area contributed by atoms with Gasteiger partial charge in [0.25, 0.3) is 0 Å². The average Bonchev–Trinajstić information content (AvgIpc) is 3.17.